The van der Waals surface area contributed by atoms with Crippen LogP contribution in [0.15, 0.2) is 42.5 Å². The molecule has 202 valence electrons. The predicted octanol–water partition coefficient (Wildman–Crippen LogP) is 3.74. The Hall–Kier alpha value is -2.56. The number of thioether (sulfide) groups is 1. The number of hydrogen-bond acceptors (Lipinski definition) is 6. The lowest BCUT2D eigenvalue weighted by Crippen LogP contribution is -2.53. The number of ether oxygens (including phenoxy) is 1. The maximum absolute atomic E-state index is 13.9. The fourth-order valence-corrected chi connectivity index (χ4v) is 9.92. The minimum absolute atomic E-state index is 0.0304. The second-order valence-electron chi connectivity index (χ2n) is 10.1. The van der Waals surface area contributed by atoms with Crippen LogP contribution in [-0.4, -0.2) is 68.4 Å². The SMILES string of the molecule is CCOc1ccc(NC(=O)[C@H]2[C@H]3C(=O)N(CCO)C(C(=O)Nc4c(C)cccc4C)C34CC(Br)[C@@H]2S4)cc1. The molecule has 3 heterocycles. The molecule has 2 aromatic rings. The summed E-state index contributed by atoms with van der Waals surface area (Å²) < 4.78 is 4.71. The fraction of sp³-hybridized carbons (Fsp3) is 0.464. The molecule has 38 heavy (non-hydrogen) atoms. The summed E-state index contributed by atoms with van der Waals surface area (Å²) in [6.07, 6.45) is 0.582. The van der Waals surface area contributed by atoms with Crippen molar-refractivity contribution in [3.63, 3.8) is 0 Å². The molecule has 2 bridgehead atoms. The Kier molecular flexibility index (Phi) is 7.50. The highest BCUT2D eigenvalue weighted by molar-refractivity contribution is 9.09. The van der Waals surface area contributed by atoms with E-state index in [1.54, 1.807) is 36.0 Å². The van der Waals surface area contributed by atoms with Gasteiger partial charge in [-0.25, -0.2) is 0 Å². The van der Waals surface area contributed by atoms with Gasteiger partial charge in [0.1, 0.15) is 11.8 Å². The second-order valence-corrected chi connectivity index (χ2v) is 12.8. The first kappa shape index (κ1) is 27.0. The van der Waals surface area contributed by atoms with Crippen LogP contribution in [0, 0.1) is 25.7 Å². The lowest BCUT2D eigenvalue weighted by atomic mass is 9.70. The number of carbonyl (C=O) groups is 3. The summed E-state index contributed by atoms with van der Waals surface area (Å²) in [6.45, 7) is 6.09. The molecule has 1 spiro atoms. The number of alkyl halides is 1. The van der Waals surface area contributed by atoms with Crippen LogP contribution in [0.4, 0.5) is 11.4 Å². The fourth-order valence-electron chi connectivity index (χ4n) is 6.31. The van der Waals surface area contributed by atoms with Gasteiger partial charge in [-0.2, -0.15) is 0 Å². The van der Waals surface area contributed by atoms with Crippen molar-refractivity contribution in [2.24, 2.45) is 11.8 Å². The summed E-state index contributed by atoms with van der Waals surface area (Å²) in [5.74, 6) is -1.33. The molecule has 3 N–H and O–H groups in total. The number of rotatable bonds is 8. The maximum Gasteiger partial charge on any atom is 0.248 e. The Morgan fingerprint density at radius 2 is 1.82 bits per heavy atom. The van der Waals surface area contributed by atoms with Crippen LogP contribution in [0.5, 0.6) is 5.75 Å². The van der Waals surface area contributed by atoms with E-state index in [-0.39, 0.29) is 41.0 Å². The van der Waals surface area contributed by atoms with Crippen LogP contribution in [0.2, 0.25) is 0 Å². The molecule has 0 aliphatic carbocycles. The van der Waals surface area contributed by atoms with E-state index in [9.17, 15) is 19.5 Å². The van der Waals surface area contributed by atoms with E-state index in [4.69, 9.17) is 4.74 Å². The number of aliphatic hydroxyl groups excluding tert-OH is 1. The van der Waals surface area contributed by atoms with E-state index in [0.717, 1.165) is 16.8 Å². The number of halogens is 1. The first-order valence-corrected chi connectivity index (χ1v) is 14.7. The minimum atomic E-state index is -0.801. The van der Waals surface area contributed by atoms with E-state index >= 15 is 0 Å². The molecule has 0 radical (unpaired) electrons. The van der Waals surface area contributed by atoms with E-state index in [1.165, 1.54) is 4.90 Å². The summed E-state index contributed by atoms with van der Waals surface area (Å²) in [5, 5.41) is 15.7. The molecule has 3 saturated heterocycles. The third-order valence-electron chi connectivity index (χ3n) is 7.84. The van der Waals surface area contributed by atoms with Crippen molar-refractivity contribution in [3.05, 3.63) is 53.6 Å². The Bertz CT molecular complexity index is 1240. The van der Waals surface area contributed by atoms with Crippen molar-refractivity contribution in [1.82, 2.24) is 4.90 Å². The van der Waals surface area contributed by atoms with Crippen molar-refractivity contribution in [1.29, 1.82) is 0 Å². The molecule has 8 nitrogen and oxygen atoms in total. The monoisotopic (exact) mass is 601 g/mol. The molecular weight excluding hydrogens is 570 g/mol. The van der Waals surface area contributed by atoms with Gasteiger partial charge in [0.2, 0.25) is 17.7 Å². The molecule has 5 rings (SSSR count). The van der Waals surface area contributed by atoms with Gasteiger partial charge in [0.05, 0.1) is 29.8 Å². The number of carbonyl (C=O) groups excluding carboxylic acids is 3. The number of fused-ring (bicyclic) bond motifs is 1. The molecule has 3 fully saturated rings. The Morgan fingerprint density at radius 1 is 1.13 bits per heavy atom. The lowest BCUT2D eigenvalue weighted by molar-refractivity contribution is -0.138. The number of likely N-dealkylation sites (tertiary alicyclic amines) is 1. The smallest absolute Gasteiger partial charge is 0.248 e. The number of amides is 3. The normalized spacial score (nSPS) is 29.3. The maximum atomic E-state index is 13.9. The zero-order valence-corrected chi connectivity index (χ0v) is 24.0. The zero-order valence-electron chi connectivity index (χ0n) is 21.6. The standard InChI is InChI=1S/C28H32BrN3O5S/c1-4-37-18-10-8-17(9-11-18)30-25(34)20-21-27(36)32(12-13-33)24(28(21)14-19(29)23(20)38-28)26(35)31-22-15(2)6-5-7-16(22)3/h5-11,19-21,23-24,33H,4,12-14H2,1-3H3,(H,30,34)(H,31,35)/t19?,20-,21-,23-,24?,28?/m0/s1. The van der Waals surface area contributed by atoms with E-state index in [1.807, 2.05) is 39.0 Å². The average molecular weight is 603 g/mol. The number of aliphatic hydroxyl groups is 1. The van der Waals surface area contributed by atoms with Crippen LogP contribution in [0.3, 0.4) is 0 Å². The van der Waals surface area contributed by atoms with Gasteiger partial charge in [0.25, 0.3) is 0 Å². The van der Waals surface area contributed by atoms with Crippen LogP contribution in [0.25, 0.3) is 0 Å². The largest absolute Gasteiger partial charge is 0.494 e. The number of para-hydroxylation sites is 1. The Morgan fingerprint density at radius 3 is 2.45 bits per heavy atom. The number of aryl methyl sites for hydroxylation is 2. The predicted molar refractivity (Wildman–Crippen MR) is 152 cm³/mol. The molecule has 3 unspecified atom stereocenters. The quantitative estimate of drug-likeness (QED) is 0.398. The van der Waals surface area contributed by atoms with Crippen molar-refractivity contribution in [3.8, 4) is 5.75 Å². The number of anilines is 2. The number of benzene rings is 2. The van der Waals surface area contributed by atoms with Gasteiger partial charge in [-0.3, -0.25) is 14.4 Å². The number of β-amino-alcohol motifs (C(OH)–C–C–N with tert-alkyl or cyclic N) is 1. The lowest BCUT2D eigenvalue weighted by Gasteiger charge is -2.35. The molecule has 3 aliphatic rings. The highest BCUT2D eigenvalue weighted by atomic mass is 79.9. The number of hydrogen-bond donors (Lipinski definition) is 3. The van der Waals surface area contributed by atoms with Crippen LogP contribution in [-0.2, 0) is 14.4 Å². The van der Waals surface area contributed by atoms with Crippen LogP contribution in [0.1, 0.15) is 24.5 Å². The van der Waals surface area contributed by atoms with Gasteiger partial charge in [0.15, 0.2) is 0 Å². The number of nitrogens with one attached hydrogen (secondary N) is 2. The van der Waals surface area contributed by atoms with Gasteiger partial charge in [0, 0.05) is 28.0 Å². The zero-order chi connectivity index (χ0) is 27.2. The highest BCUT2D eigenvalue weighted by Gasteiger charge is 2.75. The topological polar surface area (TPSA) is 108 Å². The molecular formula is C28H32BrN3O5S. The van der Waals surface area contributed by atoms with E-state index in [2.05, 4.69) is 26.6 Å². The molecule has 2 aromatic carbocycles. The molecule has 0 aromatic heterocycles. The highest BCUT2D eigenvalue weighted by Crippen LogP contribution is 2.67. The summed E-state index contributed by atoms with van der Waals surface area (Å²) in [4.78, 5) is 42.9. The molecule has 0 saturated carbocycles. The summed E-state index contributed by atoms with van der Waals surface area (Å²) >= 11 is 5.33. The van der Waals surface area contributed by atoms with Crippen molar-refractivity contribution < 1.29 is 24.2 Å². The molecule has 6 atom stereocenters. The van der Waals surface area contributed by atoms with Crippen LogP contribution < -0.4 is 15.4 Å². The molecule has 3 amide bonds. The average Bonchev–Trinajstić information content (AvgIpc) is 3.47. The summed E-state index contributed by atoms with van der Waals surface area (Å²) in [7, 11) is 0. The van der Waals surface area contributed by atoms with Gasteiger partial charge in [-0.05, 0) is 62.6 Å². The van der Waals surface area contributed by atoms with Crippen molar-refractivity contribution >= 4 is 56.8 Å². The Labute approximate surface area is 235 Å². The second kappa shape index (κ2) is 10.5. The number of nitrogens with zero attached hydrogens (tertiary/aromatic N) is 1. The summed E-state index contributed by atoms with van der Waals surface area (Å²) in [6, 6.07) is 12.1. The van der Waals surface area contributed by atoms with Crippen LogP contribution >= 0.6 is 27.7 Å². The third kappa shape index (κ3) is 4.40. The van der Waals surface area contributed by atoms with Gasteiger partial charge in [-0.1, -0.05) is 34.1 Å². The first-order chi connectivity index (χ1) is 18.2. The molecule has 10 heteroatoms. The molecule has 3 aliphatic heterocycles. The van der Waals surface area contributed by atoms with Crippen molar-refractivity contribution in [2.75, 3.05) is 30.4 Å². The first-order valence-electron chi connectivity index (χ1n) is 12.9. The van der Waals surface area contributed by atoms with E-state index in [0.29, 0.717) is 24.5 Å². The third-order valence-corrected chi connectivity index (χ3v) is 11.1. The van der Waals surface area contributed by atoms with Gasteiger partial charge >= 0.3 is 0 Å². The van der Waals surface area contributed by atoms with Gasteiger partial charge in [-0.15, -0.1) is 11.8 Å². The summed E-state index contributed by atoms with van der Waals surface area (Å²) in [5.41, 5.74) is 3.21. The van der Waals surface area contributed by atoms with Gasteiger partial charge < -0.3 is 25.4 Å². The minimum Gasteiger partial charge on any atom is -0.494 e. The van der Waals surface area contributed by atoms with Crippen molar-refractivity contribution in [2.45, 2.75) is 48.1 Å². The van der Waals surface area contributed by atoms with E-state index < -0.39 is 22.6 Å². The Balaban J connectivity index is 1.45.